The maximum atomic E-state index is 12.8. The quantitative estimate of drug-likeness (QED) is 0.424. The molecule has 0 saturated carbocycles. The number of fused-ring (bicyclic) bond motifs is 1. The smallest absolute Gasteiger partial charge is 0.276 e. The van der Waals surface area contributed by atoms with Gasteiger partial charge < -0.3 is 5.32 Å². The van der Waals surface area contributed by atoms with Gasteiger partial charge in [0.1, 0.15) is 11.8 Å². The van der Waals surface area contributed by atoms with Crippen molar-refractivity contribution in [2.75, 3.05) is 25.0 Å². The molecule has 8 nitrogen and oxygen atoms in total. The van der Waals surface area contributed by atoms with Gasteiger partial charge in [-0.05, 0) is 80.5 Å². The van der Waals surface area contributed by atoms with Crippen LogP contribution in [-0.4, -0.2) is 52.3 Å². The largest absolute Gasteiger partial charge is 0.319 e. The number of carbonyl (C=O) groups excluding carboxylic acids is 1. The van der Waals surface area contributed by atoms with Crippen LogP contribution in [0.2, 0.25) is 0 Å². The maximum absolute atomic E-state index is 12.8. The van der Waals surface area contributed by atoms with Crippen LogP contribution in [-0.2, 0) is 0 Å². The van der Waals surface area contributed by atoms with Gasteiger partial charge in [0.2, 0.25) is 0 Å². The molecule has 0 unspecified atom stereocenters. The van der Waals surface area contributed by atoms with E-state index in [1.54, 1.807) is 12.1 Å². The van der Waals surface area contributed by atoms with E-state index >= 15 is 0 Å². The average molecular weight is 440 g/mol. The Hall–Kier alpha value is -4.09. The van der Waals surface area contributed by atoms with Crippen LogP contribution >= 0.6 is 0 Å². The predicted molar refractivity (Wildman–Crippen MR) is 130 cm³/mol. The van der Waals surface area contributed by atoms with E-state index in [-0.39, 0.29) is 11.6 Å². The summed E-state index contributed by atoms with van der Waals surface area (Å²) in [6.45, 7) is 8.72. The molecule has 2 N–H and O–H groups in total. The molecule has 0 atom stereocenters. The summed E-state index contributed by atoms with van der Waals surface area (Å²) in [5.41, 5.74) is 5.01. The third-order valence-corrected chi connectivity index (χ3v) is 5.63. The number of rotatable bonds is 7. The van der Waals surface area contributed by atoms with Gasteiger partial charge in [-0.25, -0.2) is 4.98 Å². The van der Waals surface area contributed by atoms with Gasteiger partial charge in [-0.15, -0.1) is 0 Å². The van der Waals surface area contributed by atoms with Gasteiger partial charge in [0.05, 0.1) is 17.4 Å². The molecule has 1 aliphatic heterocycles. The molecule has 2 aromatic heterocycles. The molecule has 1 amide bonds. The van der Waals surface area contributed by atoms with Gasteiger partial charge in [-0.2, -0.15) is 10.4 Å². The Morgan fingerprint density at radius 2 is 2.15 bits per heavy atom. The number of aliphatic imine (C=N–C) groups is 1. The molecule has 8 heteroatoms. The van der Waals surface area contributed by atoms with Crippen molar-refractivity contribution in [1.82, 2.24) is 20.1 Å². The summed E-state index contributed by atoms with van der Waals surface area (Å²) in [5, 5.41) is 19.5. The lowest BCUT2D eigenvalue weighted by Gasteiger charge is -2.15. The van der Waals surface area contributed by atoms with Crippen molar-refractivity contribution >= 4 is 34.8 Å². The number of amides is 1. The topological polar surface area (TPSA) is 110 Å². The summed E-state index contributed by atoms with van der Waals surface area (Å²) in [6.07, 6.45) is 7.85. The molecular formula is C25H25N7O. The van der Waals surface area contributed by atoms with Crippen molar-refractivity contribution in [3.8, 4) is 6.07 Å². The summed E-state index contributed by atoms with van der Waals surface area (Å²) >= 11 is 0. The van der Waals surface area contributed by atoms with E-state index in [4.69, 9.17) is 5.26 Å². The highest BCUT2D eigenvalue weighted by atomic mass is 16.1. The summed E-state index contributed by atoms with van der Waals surface area (Å²) in [5.74, 6) is -0.350. The Morgan fingerprint density at radius 3 is 2.85 bits per heavy atom. The highest BCUT2D eigenvalue weighted by Crippen LogP contribution is 2.24. The van der Waals surface area contributed by atoms with Crippen LogP contribution < -0.4 is 5.32 Å². The van der Waals surface area contributed by atoms with E-state index in [0.717, 1.165) is 47.2 Å². The van der Waals surface area contributed by atoms with Crippen LogP contribution in [0.25, 0.3) is 16.5 Å². The Labute approximate surface area is 192 Å². The molecule has 33 heavy (non-hydrogen) atoms. The fraction of sp³-hybridized carbons (Fsp3) is 0.240. The van der Waals surface area contributed by atoms with Crippen LogP contribution in [0.3, 0.4) is 0 Å². The molecule has 0 spiro atoms. The number of allylic oxidation sites excluding steroid dienone is 1. The number of nitrogens with zero attached hydrogens (tertiary/aromatic N) is 5. The van der Waals surface area contributed by atoms with E-state index in [0.29, 0.717) is 11.4 Å². The van der Waals surface area contributed by atoms with Gasteiger partial charge in [0.15, 0.2) is 5.69 Å². The summed E-state index contributed by atoms with van der Waals surface area (Å²) in [6, 6.07) is 11.0. The number of hydrogen-bond acceptors (Lipinski definition) is 6. The first-order chi connectivity index (χ1) is 16.1. The molecule has 1 aromatic carbocycles. The number of carbonyl (C=O) groups is 1. The second-order valence-corrected chi connectivity index (χ2v) is 8.03. The van der Waals surface area contributed by atoms with E-state index < -0.39 is 0 Å². The van der Waals surface area contributed by atoms with Gasteiger partial charge in [0, 0.05) is 18.1 Å². The number of benzene rings is 1. The molecule has 1 saturated heterocycles. The number of likely N-dealkylation sites (tertiary alicyclic amines) is 1. The molecule has 1 fully saturated rings. The number of nitrogens with one attached hydrogen (secondary N) is 2. The van der Waals surface area contributed by atoms with E-state index in [9.17, 15) is 4.79 Å². The van der Waals surface area contributed by atoms with Gasteiger partial charge in [-0.3, -0.25) is 19.8 Å². The molecule has 166 valence electrons. The molecule has 0 bridgehead atoms. The first-order valence-electron chi connectivity index (χ1n) is 10.8. The highest BCUT2D eigenvalue weighted by Gasteiger charge is 2.16. The first-order valence-corrected chi connectivity index (χ1v) is 10.8. The average Bonchev–Trinajstić information content (AvgIpc) is 3.49. The zero-order valence-electron chi connectivity index (χ0n) is 18.5. The van der Waals surface area contributed by atoms with Crippen molar-refractivity contribution in [2.45, 2.75) is 19.8 Å². The van der Waals surface area contributed by atoms with Crippen LogP contribution in [0.15, 0.2) is 59.4 Å². The summed E-state index contributed by atoms with van der Waals surface area (Å²) < 4.78 is 0. The lowest BCUT2D eigenvalue weighted by atomic mass is 10.0. The zero-order chi connectivity index (χ0) is 23.2. The number of hydrogen-bond donors (Lipinski definition) is 2. The van der Waals surface area contributed by atoms with Crippen LogP contribution in [0, 0.1) is 11.3 Å². The Morgan fingerprint density at radius 1 is 1.33 bits per heavy atom. The standard InChI is InChI=1S/C25H25N7O/c1-17(11-18(14-27-2)16-32-9-3-4-10-32)19-5-8-23-22(12-19)24(31-30-23)25(33)29-21-7-6-20(13-26)28-15-21/h5-8,11-12,14-15H,2-4,9-10,16H2,1H3,(H,29,33)(H,30,31)/b17-11+,18-14+. The number of aromatic amines is 1. The Balaban J connectivity index is 1.57. The van der Waals surface area contributed by atoms with Crippen molar-refractivity contribution < 1.29 is 4.79 Å². The maximum Gasteiger partial charge on any atom is 0.276 e. The minimum atomic E-state index is -0.350. The molecule has 0 aliphatic carbocycles. The van der Waals surface area contributed by atoms with Crippen molar-refractivity contribution in [2.24, 2.45) is 4.99 Å². The molecule has 3 aromatic rings. The Bertz CT molecular complexity index is 1270. The van der Waals surface area contributed by atoms with Gasteiger partial charge in [0.25, 0.3) is 5.91 Å². The second kappa shape index (κ2) is 10.0. The van der Waals surface area contributed by atoms with Crippen LogP contribution in [0.5, 0.6) is 0 Å². The minimum Gasteiger partial charge on any atom is -0.319 e. The van der Waals surface area contributed by atoms with Crippen molar-refractivity contribution in [3.63, 3.8) is 0 Å². The second-order valence-electron chi connectivity index (χ2n) is 8.03. The van der Waals surface area contributed by atoms with Gasteiger partial charge >= 0.3 is 0 Å². The third kappa shape index (κ3) is 5.22. The summed E-state index contributed by atoms with van der Waals surface area (Å²) in [4.78, 5) is 23.2. The fourth-order valence-electron chi connectivity index (χ4n) is 3.96. The molecule has 0 radical (unpaired) electrons. The molecule has 3 heterocycles. The lowest BCUT2D eigenvalue weighted by molar-refractivity contribution is 0.102. The zero-order valence-corrected chi connectivity index (χ0v) is 18.5. The van der Waals surface area contributed by atoms with E-state index in [1.807, 2.05) is 37.4 Å². The van der Waals surface area contributed by atoms with Crippen LogP contribution in [0.1, 0.15) is 41.5 Å². The van der Waals surface area contributed by atoms with Crippen molar-refractivity contribution in [1.29, 1.82) is 5.26 Å². The summed E-state index contributed by atoms with van der Waals surface area (Å²) in [7, 11) is 0. The van der Waals surface area contributed by atoms with Gasteiger partial charge in [-0.1, -0.05) is 12.1 Å². The predicted octanol–water partition coefficient (Wildman–Crippen LogP) is 4.17. The monoisotopic (exact) mass is 439 g/mol. The highest BCUT2D eigenvalue weighted by molar-refractivity contribution is 6.11. The number of nitriles is 1. The first kappa shape index (κ1) is 22.1. The number of H-pyrrole nitrogens is 1. The number of pyridine rings is 1. The lowest BCUT2D eigenvalue weighted by Crippen LogP contribution is -2.21. The van der Waals surface area contributed by atoms with Crippen molar-refractivity contribution in [3.05, 3.63) is 71.3 Å². The SMILES string of the molecule is C=N/C=C(\C=C(/C)c1ccc2[nH]nc(C(=O)Nc3ccc(C#N)nc3)c2c1)CN1CCCC1. The third-order valence-electron chi connectivity index (χ3n) is 5.63. The molecular weight excluding hydrogens is 414 g/mol. The van der Waals surface area contributed by atoms with Crippen LogP contribution in [0.4, 0.5) is 5.69 Å². The Kier molecular flexibility index (Phi) is 6.72. The normalized spacial score (nSPS) is 14.9. The molecule has 1 aliphatic rings. The number of anilines is 1. The minimum absolute atomic E-state index is 0.287. The number of aromatic nitrogens is 3. The van der Waals surface area contributed by atoms with E-state index in [1.165, 1.54) is 19.0 Å². The fourth-order valence-corrected chi connectivity index (χ4v) is 3.96. The molecule has 4 rings (SSSR count). The van der Waals surface area contributed by atoms with E-state index in [2.05, 4.69) is 43.2 Å².